The molecule has 0 unspecified atom stereocenters. The molecule has 4 heterocycles. The third-order valence-electron chi connectivity index (χ3n) is 4.61. The summed E-state index contributed by atoms with van der Waals surface area (Å²) in [5, 5.41) is 7.77. The van der Waals surface area contributed by atoms with E-state index in [1.54, 1.807) is 30.9 Å². The first kappa shape index (κ1) is 19.8. The largest absolute Gasteiger partial charge is 0.465 e. The van der Waals surface area contributed by atoms with E-state index < -0.39 is 10.0 Å². The summed E-state index contributed by atoms with van der Waals surface area (Å²) < 4.78 is 38.8. The van der Waals surface area contributed by atoms with Crippen molar-refractivity contribution in [3.8, 4) is 10.8 Å². The Bertz CT molecular complexity index is 1140. The number of aryl methyl sites for hydroxylation is 2. The highest BCUT2D eigenvalue weighted by molar-refractivity contribution is 7.89. The van der Waals surface area contributed by atoms with Gasteiger partial charge in [-0.15, -0.1) is 21.5 Å². The first-order valence-electron chi connectivity index (χ1n) is 9.12. The number of furan rings is 1. The molecule has 1 aliphatic rings. The predicted octanol–water partition coefficient (Wildman–Crippen LogP) is 2.72. The lowest BCUT2D eigenvalue weighted by Gasteiger charge is -2.11. The van der Waals surface area contributed by atoms with E-state index in [9.17, 15) is 13.2 Å². The molecule has 154 valence electrons. The number of nitrogens with one attached hydrogen (secondary N) is 1. The van der Waals surface area contributed by atoms with Crippen LogP contribution in [0.15, 0.2) is 31.9 Å². The Morgan fingerprint density at radius 1 is 1.21 bits per heavy atom. The molecular weight excluding hydrogens is 416 g/mol. The molecular formula is C18H20N4O5S2. The molecule has 0 radical (unpaired) electrons. The molecule has 0 atom stereocenters. The number of aromatic nitrogens is 2. The average molecular weight is 437 g/mol. The number of amides is 1. The van der Waals surface area contributed by atoms with Gasteiger partial charge in [0.25, 0.3) is 5.89 Å². The summed E-state index contributed by atoms with van der Waals surface area (Å²) in [4.78, 5) is 15.2. The van der Waals surface area contributed by atoms with Crippen molar-refractivity contribution in [1.82, 2.24) is 19.8 Å². The molecule has 1 N–H and O–H groups in total. The zero-order valence-electron chi connectivity index (χ0n) is 16.0. The van der Waals surface area contributed by atoms with E-state index >= 15 is 0 Å². The van der Waals surface area contributed by atoms with Gasteiger partial charge >= 0.3 is 11.8 Å². The lowest BCUT2D eigenvalue weighted by Crippen LogP contribution is -2.27. The van der Waals surface area contributed by atoms with Gasteiger partial charge in [-0.2, -0.15) is 0 Å². The minimum absolute atomic E-state index is 0.0514. The Morgan fingerprint density at radius 2 is 1.97 bits per heavy atom. The van der Waals surface area contributed by atoms with Gasteiger partial charge in [0.15, 0.2) is 0 Å². The monoisotopic (exact) mass is 436 g/mol. The van der Waals surface area contributed by atoms with E-state index in [2.05, 4.69) is 14.9 Å². The number of sulfonamides is 1. The first-order valence-corrected chi connectivity index (χ1v) is 11.4. The summed E-state index contributed by atoms with van der Waals surface area (Å²) in [5.74, 6) is 0.996. The summed E-state index contributed by atoms with van der Waals surface area (Å²) in [6.07, 6.45) is 1.92. The van der Waals surface area contributed by atoms with Crippen LogP contribution in [0.4, 0.5) is 0 Å². The van der Waals surface area contributed by atoms with Gasteiger partial charge < -0.3 is 13.7 Å². The molecule has 1 amide bonds. The standard InChI is InChI=1S/C18H20N4O5S2/c1-11-5-6-13(26-11)10-19-29(24,25)15-9-14(28-12(15)2)16-20-21-17(27-16)18(23)22-7-3-4-8-22/h5-6,9,19H,3-4,7-8,10H2,1-2H3. The van der Waals surface area contributed by atoms with E-state index in [4.69, 9.17) is 8.83 Å². The quantitative estimate of drug-likeness (QED) is 0.631. The number of nitrogens with zero attached hydrogens (tertiary/aromatic N) is 3. The van der Waals surface area contributed by atoms with Gasteiger partial charge in [-0.1, -0.05) is 0 Å². The van der Waals surface area contributed by atoms with Gasteiger partial charge in [-0.3, -0.25) is 4.79 Å². The SMILES string of the molecule is Cc1ccc(CNS(=O)(=O)c2cc(-c3nnc(C(=O)N4CCCC4)o3)sc2C)o1. The maximum atomic E-state index is 12.7. The third-order valence-corrected chi connectivity index (χ3v) is 7.30. The summed E-state index contributed by atoms with van der Waals surface area (Å²) in [5.41, 5.74) is 0. The molecule has 0 saturated carbocycles. The van der Waals surface area contributed by atoms with Crippen LogP contribution >= 0.6 is 11.3 Å². The van der Waals surface area contributed by atoms with E-state index in [1.807, 2.05) is 0 Å². The van der Waals surface area contributed by atoms with Gasteiger partial charge in [0, 0.05) is 18.0 Å². The Kier molecular flexibility index (Phi) is 5.28. The number of rotatable bonds is 6. The molecule has 1 fully saturated rings. The van der Waals surface area contributed by atoms with Crippen molar-refractivity contribution in [3.05, 3.63) is 40.5 Å². The van der Waals surface area contributed by atoms with Crippen LogP contribution in [-0.2, 0) is 16.6 Å². The molecule has 11 heteroatoms. The van der Waals surface area contributed by atoms with Crippen molar-refractivity contribution in [2.45, 2.75) is 38.1 Å². The molecule has 3 aromatic heterocycles. The van der Waals surface area contributed by atoms with Crippen molar-refractivity contribution in [1.29, 1.82) is 0 Å². The summed E-state index contributed by atoms with van der Waals surface area (Å²) >= 11 is 1.21. The average Bonchev–Trinajstić information content (AvgIpc) is 3.46. The Balaban J connectivity index is 1.52. The maximum absolute atomic E-state index is 12.7. The maximum Gasteiger partial charge on any atom is 0.311 e. The van der Waals surface area contributed by atoms with E-state index in [-0.39, 0.29) is 29.1 Å². The lowest BCUT2D eigenvalue weighted by atomic mass is 10.4. The van der Waals surface area contributed by atoms with Crippen molar-refractivity contribution in [3.63, 3.8) is 0 Å². The molecule has 1 aliphatic heterocycles. The van der Waals surface area contributed by atoms with Crippen LogP contribution in [0.1, 0.15) is 39.9 Å². The third kappa shape index (κ3) is 4.11. The van der Waals surface area contributed by atoms with E-state index in [0.29, 0.717) is 34.4 Å². The fourth-order valence-corrected chi connectivity index (χ4v) is 5.63. The summed E-state index contributed by atoms with van der Waals surface area (Å²) in [6.45, 7) is 4.90. The number of hydrogen-bond donors (Lipinski definition) is 1. The topological polar surface area (TPSA) is 119 Å². The molecule has 0 aliphatic carbocycles. The Morgan fingerprint density at radius 3 is 2.66 bits per heavy atom. The van der Waals surface area contributed by atoms with Crippen LogP contribution < -0.4 is 4.72 Å². The Hall–Kier alpha value is -2.50. The fourth-order valence-electron chi connectivity index (χ4n) is 3.13. The lowest BCUT2D eigenvalue weighted by molar-refractivity contribution is 0.0754. The van der Waals surface area contributed by atoms with Crippen LogP contribution in [0.25, 0.3) is 10.8 Å². The summed E-state index contributed by atoms with van der Waals surface area (Å²) in [6, 6.07) is 4.97. The molecule has 0 aromatic carbocycles. The van der Waals surface area contributed by atoms with Gasteiger partial charge in [0.2, 0.25) is 10.0 Å². The zero-order valence-corrected chi connectivity index (χ0v) is 17.6. The van der Waals surface area contributed by atoms with Gasteiger partial charge in [0.05, 0.1) is 16.3 Å². The van der Waals surface area contributed by atoms with Gasteiger partial charge in [0.1, 0.15) is 11.5 Å². The second-order valence-electron chi connectivity index (χ2n) is 6.78. The molecule has 9 nitrogen and oxygen atoms in total. The van der Waals surface area contributed by atoms with E-state index in [0.717, 1.165) is 12.8 Å². The molecule has 0 spiro atoms. The van der Waals surface area contributed by atoms with Crippen LogP contribution in [0.5, 0.6) is 0 Å². The number of carbonyl (C=O) groups excluding carboxylic acids is 1. The van der Waals surface area contributed by atoms with Gasteiger partial charge in [-0.25, -0.2) is 13.1 Å². The van der Waals surface area contributed by atoms with Crippen LogP contribution in [-0.4, -0.2) is 42.5 Å². The second kappa shape index (κ2) is 7.73. The van der Waals surface area contributed by atoms with Crippen LogP contribution in [0, 0.1) is 13.8 Å². The highest BCUT2D eigenvalue weighted by Crippen LogP contribution is 2.33. The predicted molar refractivity (Wildman–Crippen MR) is 105 cm³/mol. The van der Waals surface area contributed by atoms with Crippen LogP contribution in [0.2, 0.25) is 0 Å². The summed E-state index contributed by atoms with van der Waals surface area (Å²) in [7, 11) is -3.75. The molecule has 1 saturated heterocycles. The highest BCUT2D eigenvalue weighted by atomic mass is 32.2. The Labute approximate surface area is 171 Å². The van der Waals surface area contributed by atoms with Gasteiger partial charge in [-0.05, 0) is 44.9 Å². The zero-order chi connectivity index (χ0) is 20.6. The molecule has 3 aromatic rings. The molecule has 4 rings (SSSR count). The minimum Gasteiger partial charge on any atom is -0.465 e. The minimum atomic E-state index is -3.75. The van der Waals surface area contributed by atoms with Crippen LogP contribution in [0.3, 0.4) is 0 Å². The number of hydrogen-bond acceptors (Lipinski definition) is 8. The van der Waals surface area contributed by atoms with Crippen molar-refractivity contribution in [2.24, 2.45) is 0 Å². The van der Waals surface area contributed by atoms with E-state index in [1.165, 1.54) is 17.4 Å². The number of thiophene rings is 1. The molecule has 0 bridgehead atoms. The first-order chi connectivity index (χ1) is 13.8. The second-order valence-corrected chi connectivity index (χ2v) is 9.77. The van der Waals surface area contributed by atoms with Crippen molar-refractivity contribution < 1.29 is 22.0 Å². The fraction of sp³-hybridized carbons (Fsp3) is 0.389. The van der Waals surface area contributed by atoms with Crippen molar-refractivity contribution in [2.75, 3.05) is 13.1 Å². The normalized spacial score (nSPS) is 14.6. The molecule has 29 heavy (non-hydrogen) atoms. The number of likely N-dealkylation sites (tertiary alicyclic amines) is 1. The number of carbonyl (C=O) groups is 1. The van der Waals surface area contributed by atoms with Crippen molar-refractivity contribution >= 4 is 27.3 Å². The smallest absolute Gasteiger partial charge is 0.311 e. The highest BCUT2D eigenvalue weighted by Gasteiger charge is 2.27.